The second kappa shape index (κ2) is 5.85. The van der Waals surface area contributed by atoms with Crippen molar-refractivity contribution in [3.05, 3.63) is 40.1 Å². The maximum absolute atomic E-state index is 10.9. The van der Waals surface area contributed by atoms with Crippen molar-refractivity contribution >= 4 is 11.5 Å². The van der Waals surface area contributed by atoms with Crippen LogP contribution in [0.2, 0.25) is 0 Å². The van der Waals surface area contributed by atoms with E-state index in [1.807, 2.05) is 13.3 Å². The summed E-state index contributed by atoms with van der Waals surface area (Å²) >= 11 is 0. The Kier molecular flexibility index (Phi) is 3.66. The summed E-state index contributed by atoms with van der Waals surface area (Å²) in [4.78, 5) is 17.1. The van der Waals surface area contributed by atoms with Gasteiger partial charge in [0.2, 0.25) is 0 Å². The normalized spacial score (nSPS) is 21.0. The van der Waals surface area contributed by atoms with Gasteiger partial charge in [-0.3, -0.25) is 10.1 Å². The van der Waals surface area contributed by atoms with Crippen LogP contribution in [0.3, 0.4) is 0 Å². The lowest BCUT2D eigenvalue weighted by Gasteiger charge is -2.34. The molecule has 2 aliphatic rings. The summed E-state index contributed by atoms with van der Waals surface area (Å²) in [6, 6.07) is 2.17. The Morgan fingerprint density at radius 3 is 2.88 bits per heavy atom. The predicted octanol–water partition coefficient (Wildman–Crippen LogP) is 2.61. The number of rotatable bonds is 4. The van der Waals surface area contributed by atoms with Crippen LogP contribution in [0, 0.1) is 17.0 Å². The van der Waals surface area contributed by atoms with E-state index < -0.39 is 4.92 Å². The quantitative estimate of drug-likeness (QED) is 0.633. The average Bonchev–Trinajstić information content (AvgIpc) is 3.31. The highest BCUT2D eigenvalue weighted by Crippen LogP contribution is 2.38. The van der Waals surface area contributed by atoms with Gasteiger partial charge in [-0.15, -0.1) is 10.2 Å². The van der Waals surface area contributed by atoms with E-state index in [1.165, 1.54) is 19.0 Å². The molecule has 0 amide bonds. The zero-order valence-electron chi connectivity index (χ0n) is 13.6. The van der Waals surface area contributed by atoms with Crippen molar-refractivity contribution in [3.63, 3.8) is 0 Å². The number of nitro groups is 1. The minimum Gasteiger partial charge on any atom is -0.356 e. The molecule has 1 aliphatic heterocycles. The average molecular weight is 328 g/mol. The third-order valence-electron chi connectivity index (χ3n) is 4.87. The van der Waals surface area contributed by atoms with E-state index in [9.17, 15) is 10.1 Å². The van der Waals surface area contributed by atoms with Crippen LogP contribution in [0.15, 0.2) is 18.6 Å². The molecule has 2 fully saturated rings. The summed E-state index contributed by atoms with van der Waals surface area (Å²) in [6.45, 7) is 3.63. The number of aromatic nitrogens is 4. The molecular weight excluding hydrogens is 308 g/mol. The third-order valence-corrected chi connectivity index (χ3v) is 4.87. The van der Waals surface area contributed by atoms with Crippen LogP contribution in [0.25, 0.3) is 0 Å². The van der Waals surface area contributed by atoms with Gasteiger partial charge in [0.05, 0.1) is 4.92 Å². The molecule has 1 saturated carbocycles. The van der Waals surface area contributed by atoms with E-state index in [0.29, 0.717) is 12.0 Å². The highest BCUT2D eigenvalue weighted by Gasteiger charge is 2.32. The first kappa shape index (κ1) is 15.0. The lowest BCUT2D eigenvalue weighted by molar-refractivity contribution is -0.385. The van der Waals surface area contributed by atoms with Gasteiger partial charge in [0.25, 0.3) is 5.69 Å². The highest BCUT2D eigenvalue weighted by atomic mass is 16.6. The van der Waals surface area contributed by atoms with Crippen molar-refractivity contribution in [2.45, 2.75) is 44.6 Å². The molecule has 1 atom stereocenters. The summed E-state index contributed by atoms with van der Waals surface area (Å²) in [7, 11) is 0. The van der Waals surface area contributed by atoms with E-state index >= 15 is 0 Å². The molecule has 1 saturated heterocycles. The first-order valence-corrected chi connectivity index (χ1v) is 8.39. The Morgan fingerprint density at radius 2 is 2.17 bits per heavy atom. The van der Waals surface area contributed by atoms with Crippen LogP contribution >= 0.6 is 0 Å². The first-order valence-electron chi connectivity index (χ1n) is 8.39. The summed E-state index contributed by atoms with van der Waals surface area (Å²) in [6.07, 6.45) is 7.77. The largest absolute Gasteiger partial charge is 0.356 e. The van der Waals surface area contributed by atoms with E-state index in [2.05, 4.69) is 24.6 Å². The van der Waals surface area contributed by atoms with Crippen molar-refractivity contribution in [3.8, 4) is 0 Å². The maximum atomic E-state index is 10.9. The number of anilines is 1. The summed E-state index contributed by atoms with van der Waals surface area (Å²) in [5.74, 6) is 2.24. The standard InChI is InChI=1S/C16H20N6O2/c1-11-7-14(22(23)24)8-17-15(11)20-6-2-3-12(9-20)16-19-18-10-21(16)13-4-5-13/h7-8,10,12-13H,2-6,9H2,1H3/t12-/m1/s1. The van der Waals surface area contributed by atoms with E-state index in [-0.39, 0.29) is 5.69 Å². The number of pyridine rings is 1. The van der Waals surface area contributed by atoms with Crippen molar-refractivity contribution in [2.75, 3.05) is 18.0 Å². The Labute approximate surface area is 139 Å². The summed E-state index contributed by atoms with van der Waals surface area (Å²) in [5.41, 5.74) is 0.881. The number of aryl methyl sites for hydroxylation is 1. The van der Waals surface area contributed by atoms with Crippen LogP contribution in [0.1, 0.15) is 49.0 Å². The molecule has 0 unspecified atom stereocenters. The molecule has 1 aliphatic carbocycles. The van der Waals surface area contributed by atoms with Gasteiger partial charge in [-0.1, -0.05) is 0 Å². The van der Waals surface area contributed by atoms with Crippen molar-refractivity contribution in [2.24, 2.45) is 0 Å². The molecular formula is C16H20N6O2. The fourth-order valence-electron chi connectivity index (χ4n) is 3.54. The Hall–Kier alpha value is -2.51. The van der Waals surface area contributed by atoms with Crippen molar-refractivity contribution < 1.29 is 4.92 Å². The Bertz CT molecular complexity index is 770. The zero-order valence-corrected chi connectivity index (χ0v) is 13.6. The SMILES string of the molecule is Cc1cc([N+](=O)[O-])cnc1N1CCC[C@@H](c2nncn2C2CC2)C1. The van der Waals surface area contributed by atoms with Crippen LogP contribution in [-0.2, 0) is 0 Å². The molecule has 126 valence electrons. The molecule has 0 bridgehead atoms. The lowest BCUT2D eigenvalue weighted by atomic mass is 9.96. The molecule has 8 nitrogen and oxygen atoms in total. The van der Waals surface area contributed by atoms with Gasteiger partial charge in [-0.25, -0.2) is 4.98 Å². The second-order valence-electron chi connectivity index (χ2n) is 6.70. The van der Waals surface area contributed by atoms with Gasteiger partial charge in [-0.2, -0.15) is 0 Å². The molecule has 0 aromatic carbocycles. The van der Waals surface area contributed by atoms with Crippen LogP contribution < -0.4 is 4.90 Å². The van der Waals surface area contributed by atoms with Crippen molar-refractivity contribution in [1.29, 1.82) is 0 Å². The zero-order chi connectivity index (χ0) is 16.7. The molecule has 2 aromatic heterocycles. The molecule has 3 heterocycles. The van der Waals surface area contributed by atoms with Gasteiger partial charge in [0, 0.05) is 31.1 Å². The molecule has 24 heavy (non-hydrogen) atoms. The van der Waals surface area contributed by atoms with E-state index in [1.54, 1.807) is 6.07 Å². The fourth-order valence-corrected chi connectivity index (χ4v) is 3.54. The second-order valence-corrected chi connectivity index (χ2v) is 6.70. The van der Waals surface area contributed by atoms with E-state index in [4.69, 9.17) is 0 Å². The fraction of sp³-hybridized carbons (Fsp3) is 0.562. The Balaban J connectivity index is 1.56. The smallest absolute Gasteiger partial charge is 0.287 e. The van der Waals surface area contributed by atoms with Crippen LogP contribution in [0.5, 0.6) is 0 Å². The van der Waals surface area contributed by atoms with Gasteiger partial charge in [-0.05, 0) is 38.2 Å². The third kappa shape index (κ3) is 2.72. The van der Waals surface area contributed by atoms with Crippen LogP contribution in [0.4, 0.5) is 11.5 Å². The molecule has 4 rings (SSSR count). The van der Waals surface area contributed by atoms with Gasteiger partial charge in [0.15, 0.2) is 0 Å². The number of piperidine rings is 1. The lowest BCUT2D eigenvalue weighted by Crippen LogP contribution is -2.36. The number of hydrogen-bond acceptors (Lipinski definition) is 6. The van der Waals surface area contributed by atoms with Crippen LogP contribution in [-0.4, -0.2) is 37.8 Å². The summed E-state index contributed by atoms with van der Waals surface area (Å²) in [5, 5.41) is 19.4. The minimum absolute atomic E-state index is 0.0401. The number of nitrogens with zero attached hydrogens (tertiary/aromatic N) is 6. The molecule has 0 radical (unpaired) electrons. The summed E-state index contributed by atoms with van der Waals surface area (Å²) < 4.78 is 2.23. The first-order chi connectivity index (χ1) is 11.6. The minimum atomic E-state index is -0.402. The molecule has 0 N–H and O–H groups in total. The number of hydrogen-bond donors (Lipinski definition) is 0. The van der Waals surface area contributed by atoms with Gasteiger partial charge >= 0.3 is 0 Å². The molecule has 0 spiro atoms. The van der Waals surface area contributed by atoms with E-state index in [0.717, 1.165) is 43.1 Å². The Morgan fingerprint density at radius 1 is 1.33 bits per heavy atom. The predicted molar refractivity (Wildman–Crippen MR) is 88.1 cm³/mol. The molecule has 8 heteroatoms. The molecule has 2 aromatic rings. The maximum Gasteiger partial charge on any atom is 0.287 e. The highest BCUT2D eigenvalue weighted by molar-refractivity contribution is 5.51. The van der Waals surface area contributed by atoms with Crippen molar-refractivity contribution in [1.82, 2.24) is 19.7 Å². The monoisotopic (exact) mass is 328 g/mol. The topological polar surface area (TPSA) is 90.0 Å². The van der Waals surface area contributed by atoms with Gasteiger partial charge in [0.1, 0.15) is 24.2 Å². The van der Waals surface area contributed by atoms with Gasteiger partial charge < -0.3 is 9.47 Å².